The van der Waals surface area contributed by atoms with Crippen molar-refractivity contribution in [3.8, 4) is 12.1 Å². The van der Waals surface area contributed by atoms with E-state index < -0.39 is 5.92 Å². The molecule has 7 nitrogen and oxygen atoms in total. The normalized spacial score (nSPS) is 18.5. The zero-order valence-corrected chi connectivity index (χ0v) is 15.9. The zero-order chi connectivity index (χ0) is 19.6. The molecule has 2 N–H and O–H groups in total. The quantitative estimate of drug-likeness (QED) is 0.529. The molecule has 0 saturated carbocycles. The number of nitriles is 2. The van der Waals surface area contributed by atoms with E-state index in [9.17, 15) is 4.79 Å². The van der Waals surface area contributed by atoms with Crippen molar-refractivity contribution in [2.45, 2.75) is 25.6 Å². The van der Waals surface area contributed by atoms with Gasteiger partial charge in [0.25, 0.3) is 0 Å². The first-order chi connectivity index (χ1) is 13.1. The van der Waals surface area contributed by atoms with Crippen molar-refractivity contribution in [1.82, 2.24) is 15.5 Å². The first-order valence-corrected chi connectivity index (χ1v) is 9.20. The minimum atomic E-state index is -0.706. The molecule has 1 aliphatic rings. The van der Waals surface area contributed by atoms with Gasteiger partial charge in [-0.3, -0.25) is 10.2 Å². The van der Waals surface area contributed by atoms with E-state index in [1.54, 1.807) is 19.2 Å². The highest BCUT2D eigenvalue weighted by Gasteiger charge is 2.23. The Labute approximate surface area is 160 Å². The van der Waals surface area contributed by atoms with E-state index in [4.69, 9.17) is 15.3 Å². The first-order valence-electron chi connectivity index (χ1n) is 9.20. The molecule has 2 atom stereocenters. The third kappa shape index (κ3) is 6.04. The number of hydrogen-bond acceptors (Lipinski definition) is 7. The van der Waals surface area contributed by atoms with E-state index in [-0.39, 0.29) is 12.1 Å². The van der Waals surface area contributed by atoms with E-state index in [1.807, 2.05) is 24.3 Å². The topological polar surface area (TPSA) is 101 Å². The highest BCUT2D eigenvalue weighted by molar-refractivity contribution is 5.89. The van der Waals surface area contributed by atoms with Crippen LogP contribution < -0.4 is 10.6 Å². The molecule has 144 valence electrons. The van der Waals surface area contributed by atoms with Crippen LogP contribution in [0.5, 0.6) is 0 Å². The number of ether oxygens (including phenoxy) is 1. The maximum atomic E-state index is 11.5. The Bertz CT molecular complexity index is 678. The lowest BCUT2D eigenvalue weighted by molar-refractivity contribution is 0.0600. The number of likely N-dealkylation sites (tertiary alicyclic amines) is 1. The van der Waals surface area contributed by atoms with E-state index in [0.717, 1.165) is 39.0 Å². The number of carbonyl (C=O) groups is 1. The van der Waals surface area contributed by atoms with Crippen molar-refractivity contribution in [3.63, 3.8) is 0 Å². The average molecular weight is 369 g/mol. The molecule has 1 aliphatic heterocycles. The lowest BCUT2D eigenvalue weighted by Crippen LogP contribution is -2.49. The van der Waals surface area contributed by atoms with Crippen LogP contribution in [0.3, 0.4) is 0 Å². The summed E-state index contributed by atoms with van der Waals surface area (Å²) in [5, 5.41) is 24.4. The lowest BCUT2D eigenvalue weighted by Gasteiger charge is -2.34. The minimum Gasteiger partial charge on any atom is -0.465 e. The van der Waals surface area contributed by atoms with Gasteiger partial charge in [-0.05, 0) is 50.0 Å². The molecule has 1 saturated heterocycles. The molecule has 27 heavy (non-hydrogen) atoms. The number of nitrogens with one attached hydrogen (secondary N) is 2. The first kappa shape index (κ1) is 20.9. The Morgan fingerprint density at radius 2 is 2.04 bits per heavy atom. The van der Waals surface area contributed by atoms with Gasteiger partial charge in [0.05, 0.1) is 31.0 Å². The fraction of sp³-hybridized carbons (Fsp3) is 0.550. The molecule has 0 bridgehead atoms. The van der Waals surface area contributed by atoms with Crippen molar-refractivity contribution in [2.75, 3.05) is 33.8 Å². The molecule has 1 aromatic carbocycles. The fourth-order valence-electron chi connectivity index (χ4n) is 3.44. The van der Waals surface area contributed by atoms with Crippen LogP contribution in [0.2, 0.25) is 0 Å². The summed E-state index contributed by atoms with van der Waals surface area (Å²) in [5.74, 6) is -0.553. The van der Waals surface area contributed by atoms with E-state index >= 15 is 0 Å². The minimum absolute atomic E-state index is 0.318. The Balaban J connectivity index is 1.86. The van der Waals surface area contributed by atoms with Crippen molar-refractivity contribution in [2.24, 2.45) is 11.8 Å². The monoisotopic (exact) mass is 369 g/mol. The number of piperidine rings is 1. The molecule has 2 rings (SSSR count). The summed E-state index contributed by atoms with van der Waals surface area (Å²) in [5.41, 5.74) is 1.73. The van der Waals surface area contributed by atoms with Crippen molar-refractivity contribution >= 4 is 5.97 Å². The Kier molecular flexibility index (Phi) is 8.22. The molecular weight excluding hydrogens is 342 g/mol. The third-order valence-electron chi connectivity index (χ3n) is 4.93. The molecule has 0 aromatic heterocycles. The van der Waals surface area contributed by atoms with Crippen molar-refractivity contribution in [3.05, 3.63) is 35.4 Å². The summed E-state index contributed by atoms with van der Waals surface area (Å²) in [6.45, 7) is 3.62. The molecule has 0 spiro atoms. The van der Waals surface area contributed by atoms with Crippen LogP contribution in [0.15, 0.2) is 24.3 Å². The van der Waals surface area contributed by atoms with Crippen LogP contribution in [0.1, 0.15) is 28.8 Å². The summed E-state index contributed by atoms with van der Waals surface area (Å²) in [6.07, 6.45) is 1.93. The Morgan fingerprint density at radius 1 is 1.33 bits per heavy atom. The molecule has 1 aromatic rings. The van der Waals surface area contributed by atoms with Gasteiger partial charge < -0.3 is 10.1 Å². The van der Waals surface area contributed by atoms with Gasteiger partial charge in [0.15, 0.2) is 5.92 Å². The maximum absolute atomic E-state index is 11.5. The Morgan fingerprint density at radius 3 is 2.63 bits per heavy atom. The van der Waals surface area contributed by atoms with Crippen LogP contribution in [0, 0.1) is 34.5 Å². The predicted octanol–water partition coefficient (Wildman–Crippen LogP) is 1.48. The highest BCUT2D eigenvalue weighted by atomic mass is 16.5. The van der Waals surface area contributed by atoms with E-state index in [0.29, 0.717) is 11.5 Å². The summed E-state index contributed by atoms with van der Waals surface area (Å²) in [4.78, 5) is 13.9. The zero-order valence-electron chi connectivity index (χ0n) is 15.9. The maximum Gasteiger partial charge on any atom is 0.337 e. The molecule has 7 heteroatoms. The largest absolute Gasteiger partial charge is 0.465 e. The van der Waals surface area contributed by atoms with Crippen LogP contribution in [-0.2, 0) is 11.3 Å². The second-order valence-electron chi connectivity index (χ2n) is 6.84. The number of hydrogen-bond donors (Lipinski definition) is 2. The van der Waals surface area contributed by atoms with Gasteiger partial charge in [-0.2, -0.15) is 10.5 Å². The molecule has 1 heterocycles. The van der Waals surface area contributed by atoms with Gasteiger partial charge in [-0.15, -0.1) is 0 Å². The number of rotatable bonds is 8. The van der Waals surface area contributed by atoms with Crippen LogP contribution in [0.4, 0.5) is 0 Å². The molecule has 1 fully saturated rings. The summed E-state index contributed by atoms with van der Waals surface area (Å²) >= 11 is 0. The summed E-state index contributed by atoms with van der Waals surface area (Å²) in [6, 6.07) is 11.6. The second-order valence-corrected chi connectivity index (χ2v) is 6.84. The van der Waals surface area contributed by atoms with Crippen molar-refractivity contribution in [1.29, 1.82) is 10.5 Å². The molecule has 0 aliphatic carbocycles. The third-order valence-corrected chi connectivity index (χ3v) is 4.93. The van der Waals surface area contributed by atoms with Gasteiger partial charge in [-0.25, -0.2) is 4.79 Å². The predicted molar refractivity (Wildman–Crippen MR) is 101 cm³/mol. The van der Waals surface area contributed by atoms with Crippen molar-refractivity contribution < 1.29 is 9.53 Å². The number of carbonyl (C=O) groups excluding carboxylic acids is 1. The van der Waals surface area contributed by atoms with Gasteiger partial charge in [0.2, 0.25) is 0 Å². The summed E-state index contributed by atoms with van der Waals surface area (Å²) in [7, 11) is 3.14. The molecule has 2 unspecified atom stereocenters. The molecule has 0 amide bonds. The van der Waals surface area contributed by atoms with E-state index in [1.165, 1.54) is 12.7 Å². The van der Waals surface area contributed by atoms with Crippen LogP contribution in [-0.4, -0.2) is 50.8 Å². The SMILES string of the molecule is CNC(NCC1CCCN(Cc2ccc(C(=O)OC)cc2)C1)C(C#N)C#N. The van der Waals surface area contributed by atoms with E-state index in [2.05, 4.69) is 15.5 Å². The fourth-order valence-corrected chi connectivity index (χ4v) is 3.44. The summed E-state index contributed by atoms with van der Waals surface area (Å²) < 4.78 is 4.73. The smallest absolute Gasteiger partial charge is 0.337 e. The highest BCUT2D eigenvalue weighted by Crippen LogP contribution is 2.19. The molecular formula is C20H27N5O2. The number of methoxy groups -OCH3 is 1. The second kappa shape index (κ2) is 10.6. The lowest BCUT2D eigenvalue weighted by atomic mass is 9.97. The van der Waals surface area contributed by atoms with Gasteiger partial charge in [0, 0.05) is 19.6 Å². The van der Waals surface area contributed by atoms with Gasteiger partial charge in [0.1, 0.15) is 0 Å². The standard InChI is InChI=1S/C20H27N5O2/c1-23-19(18(10-21)11-22)24-12-16-4-3-9-25(14-16)13-15-5-7-17(8-6-15)20(26)27-2/h5-8,16,18-19,23-24H,3-4,9,12-14H2,1-2H3. The number of esters is 1. The average Bonchev–Trinajstić information content (AvgIpc) is 2.71. The van der Waals surface area contributed by atoms with Crippen LogP contribution in [0.25, 0.3) is 0 Å². The van der Waals surface area contributed by atoms with Gasteiger partial charge in [-0.1, -0.05) is 12.1 Å². The van der Waals surface area contributed by atoms with Crippen LogP contribution >= 0.6 is 0 Å². The number of nitrogens with zero attached hydrogens (tertiary/aromatic N) is 3. The number of benzene rings is 1. The molecule has 0 radical (unpaired) electrons. The van der Waals surface area contributed by atoms with Gasteiger partial charge >= 0.3 is 5.97 Å². The Hall–Kier alpha value is -2.45.